The summed E-state index contributed by atoms with van der Waals surface area (Å²) in [7, 11) is -3.65. The van der Waals surface area contributed by atoms with E-state index in [9.17, 15) is 8.42 Å². The van der Waals surface area contributed by atoms with E-state index < -0.39 is 10.1 Å². The summed E-state index contributed by atoms with van der Waals surface area (Å²) in [5, 5.41) is 9.02. The molecule has 0 spiro atoms. The van der Waals surface area contributed by atoms with Gasteiger partial charge in [-0.05, 0) is 37.0 Å². The Labute approximate surface area is 128 Å². The van der Waals surface area contributed by atoms with E-state index in [0.29, 0.717) is 4.47 Å². The van der Waals surface area contributed by atoms with Crippen LogP contribution in [-0.2, 0) is 10.1 Å². The summed E-state index contributed by atoms with van der Waals surface area (Å²) in [6, 6.07) is 6.65. The molecule has 0 aliphatic heterocycles. The number of nitriles is 1. The van der Waals surface area contributed by atoms with E-state index in [2.05, 4.69) is 15.9 Å². The van der Waals surface area contributed by atoms with Crippen LogP contribution in [0.4, 0.5) is 0 Å². The van der Waals surface area contributed by atoms with E-state index >= 15 is 0 Å². The van der Waals surface area contributed by atoms with Crippen LogP contribution < -0.4 is 4.18 Å². The Kier molecular flexibility index (Phi) is 5.06. The highest BCUT2D eigenvalue weighted by molar-refractivity contribution is 9.10. The zero-order chi connectivity index (χ0) is 14.6. The highest BCUT2D eigenvalue weighted by Crippen LogP contribution is 2.28. The second kappa shape index (κ2) is 6.59. The average molecular weight is 358 g/mol. The third-order valence-electron chi connectivity index (χ3n) is 3.44. The van der Waals surface area contributed by atoms with Crippen LogP contribution in [0.25, 0.3) is 0 Å². The van der Waals surface area contributed by atoms with E-state index in [0.717, 1.165) is 25.7 Å². The largest absolute Gasteiger partial charge is 0.381 e. The molecule has 6 heteroatoms. The monoisotopic (exact) mass is 357 g/mol. The molecule has 0 heterocycles. The standard InChI is InChI=1S/C14H16BrNO3S/c15-13-6-7-14(12(8-13)9-16)19-20(17,18)10-11-4-2-1-3-5-11/h6-8,11H,1-5,10H2. The van der Waals surface area contributed by atoms with Crippen LogP contribution in [0.3, 0.4) is 0 Å². The van der Waals surface area contributed by atoms with Crippen molar-refractivity contribution in [3.63, 3.8) is 0 Å². The van der Waals surface area contributed by atoms with E-state index in [1.54, 1.807) is 12.1 Å². The van der Waals surface area contributed by atoms with Gasteiger partial charge in [0.15, 0.2) is 5.75 Å². The number of rotatable bonds is 4. The van der Waals surface area contributed by atoms with Gasteiger partial charge in [-0.2, -0.15) is 13.7 Å². The summed E-state index contributed by atoms with van der Waals surface area (Å²) in [4.78, 5) is 0. The van der Waals surface area contributed by atoms with Gasteiger partial charge in [-0.3, -0.25) is 0 Å². The van der Waals surface area contributed by atoms with Crippen molar-refractivity contribution in [1.29, 1.82) is 5.26 Å². The normalized spacial score (nSPS) is 16.6. The van der Waals surface area contributed by atoms with Gasteiger partial charge in [0.1, 0.15) is 6.07 Å². The first-order valence-electron chi connectivity index (χ1n) is 6.62. The Balaban J connectivity index is 2.10. The first-order chi connectivity index (χ1) is 9.50. The zero-order valence-electron chi connectivity index (χ0n) is 11.0. The highest BCUT2D eigenvalue weighted by atomic mass is 79.9. The van der Waals surface area contributed by atoms with Gasteiger partial charge in [0, 0.05) is 4.47 Å². The van der Waals surface area contributed by atoms with E-state index in [-0.39, 0.29) is 23.0 Å². The molecular weight excluding hydrogens is 342 g/mol. The molecule has 0 radical (unpaired) electrons. The van der Waals surface area contributed by atoms with Crippen LogP contribution in [0.1, 0.15) is 37.7 Å². The van der Waals surface area contributed by atoms with Crippen LogP contribution >= 0.6 is 15.9 Å². The Morgan fingerprint density at radius 1 is 1.30 bits per heavy atom. The van der Waals surface area contributed by atoms with Crippen molar-refractivity contribution in [3.8, 4) is 11.8 Å². The molecular formula is C14H16BrNO3S. The molecule has 0 N–H and O–H groups in total. The molecule has 0 bridgehead atoms. The molecule has 1 fully saturated rings. The highest BCUT2D eigenvalue weighted by Gasteiger charge is 2.23. The topological polar surface area (TPSA) is 67.2 Å². The van der Waals surface area contributed by atoms with Crippen LogP contribution in [-0.4, -0.2) is 14.2 Å². The average Bonchev–Trinajstić information content (AvgIpc) is 2.41. The van der Waals surface area contributed by atoms with E-state index in [1.807, 2.05) is 6.07 Å². The second-order valence-electron chi connectivity index (χ2n) is 5.06. The minimum absolute atomic E-state index is 0.0356. The summed E-state index contributed by atoms with van der Waals surface area (Å²) in [6.07, 6.45) is 5.23. The number of hydrogen-bond acceptors (Lipinski definition) is 4. The summed E-state index contributed by atoms with van der Waals surface area (Å²) in [5.74, 6) is 0.315. The first-order valence-corrected chi connectivity index (χ1v) is 8.99. The summed E-state index contributed by atoms with van der Waals surface area (Å²) in [6.45, 7) is 0. The van der Waals surface area contributed by atoms with Gasteiger partial charge < -0.3 is 4.18 Å². The van der Waals surface area contributed by atoms with Gasteiger partial charge in [-0.1, -0.05) is 35.2 Å². The smallest absolute Gasteiger partial charge is 0.309 e. The van der Waals surface area contributed by atoms with Crippen LogP contribution in [0.5, 0.6) is 5.75 Å². The van der Waals surface area contributed by atoms with Gasteiger partial charge in [0.05, 0.1) is 11.3 Å². The fraction of sp³-hybridized carbons (Fsp3) is 0.500. The van der Waals surface area contributed by atoms with Crippen molar-refractivity contribution in [2.45, 2.75) is 32.1 Å². The molecule has 0 amide bonds. The van der Waals surface area contributed by atoms with Gasteiger partial charge >= 0.3 is 10.1 Å². The maximum atomic E-state index is 12.1. The molecule has 1 saturated carbocycles. The lowest BCUT2D eigenvalue weighted by atomic mass is 9.91. The Morgan fingerprint density at radius 3 is 2.65 bits per heavy atom. The maximum Gasteiger partial charge on any atom is 0.309 e. The molecule has 1 aromatic carbocycles. The molecule has 0 unspecified atom stereocenters. The fourth-order valence-corrected chi connectivity index (χ4v) is 4.23. The maximum absolute atomic E-state index is 12.1. The minimum atomic E-state index is -3.65. The molecule has 0 aromatic heterocycles. The number of nitrogens with zero attached hydrogens (tertiary/aromatic N) is 1. The number of halogens is 1. The SMILES string of the molecule is N#Cc1cc(Br)ccc1OS(=O)(=O)CC1CCCCC1. The lowest BCUT2D eigenvalue weighted by Gasteiger charge is -2.21. The number of benzene rings is 1. The lowest BCUT2D eigenvalue weighted by Crippen LogP contribution is -2.22. The quantitative estimate of drug-likeness (QED) is 0.771. The molecule has 4 nitrogen and oxygen atoms in total. The lowest BCUT2D eigenvalue weighted by molar-refractivity contribution is 0.375. The molecule has 1 aliphatic carbocycles. The van der Waals surface area contributed by atoms with Crippen molar-refractivity contribution >= 4 is 26.0 Å². The zero-order valence-corrected chi connectivity index (χ0v) is 13.4. The first kappa shape index (κ1) is 15.3. The third-order valence-corrected chi connectivity index (χ3v) is 5.25. The van der Waals surface area contributed by atoms with Gasteiger partial charge in [0.2, 0.25) is 0 Å². The molecule has 0 atom stereocenters. The van der Waals surface area contributed by atoms with Gasteiger partial charge in [-0.15, -0.1) is 0 Å². The van der Waals surface area contributed by atoms with Crippen molar-refractivity contribution in [3.05, 3.63) is 28.2 Å². The summed E-state index contributed by atoms with van der Waals surface area (Å²) < 4.78 is 30.0. The summed E-state index contributed by atoms with van der Waals surface area (Å²) in [5.41, 5.74) is 0.214. The van der Waals surface area contributed by atoms with Crippen molar-refractivity contribution in [1.82, 2.24) is 0 Å². The molecule has 108 valence electrons. The van der Waals surface area contributed by atoms with Crippen LogP contribution in [0, 0.1) is 17.2 Å². The molecule has 1 aromatic rings. The van der Waals surface area contributed by atoms with Crippen molar-refractivity contribution in [2.24, 2.45) is 5.92 Å². The Morgan fingerprint density at radius 2 is 2.00 bits per heavy atom. The van der Waals surface area contributed by atoms with Crippen LogP contribution in [0.15, 0.2) is 22.7 Å². The number of hydrogen-bond donors (Lipinski definition) is 0. The Bertz CT molecular complexity index is 616. The molecule has 20 heavy (non-hydrogen) atoms. The van der Waals surface area contributed by atoms with Gasteiger partial charge in [-0.25, -0.2) is 0 Å². The van der Waals surface area contributed by atoms with E-state index in [4.69, 9.17) is 9.44 Å². The fourth-order valence-electron chi connectivity index (χ4n) is 2.48. The summed E-state index contributed by atoms with van der Waals surface area (Å²) >= 11 is 3.24. The molecule has 1 aliphatic rings. The van der Waals surface area contributed by atoms with Crippen molar-refractivity contribution < 1.29 is 12.6 Å². The van der Waals surface area contributed by atoms with Crippen LogP contribution in [0.2, 0.25) is 0 Å². The molecule has 0 saturated heterocycles. The third kappa shape index (κ3) is 4.22. The minimum Gasteiger partial charge on any atom is -0.381 e. The second-order valence-corrected chi connectivity index (χ2v) is 7.60. The predicted octanol–water partition coefficient (Wildman–Crippen LogP) is 3.61. The van der Waals surface area contributed by atoms with Crippen molar-refractivity contribution in [2.75, 3.05) is 5.75 Å². The Hall–Kier alpha value is -1.06. The molecule has 2 rings (SSSR count). The predicted molar refractivity (Wildman–Crippen MR) is 79.8 cm³/mol. The van der Waals surface area contributed by atoms with E-state index in [1.165, 1.54) is 12.5 Å². The van der Waals surface area contributed by atoms with Gasteiger partial charge in [0.25, 0.3) is 0 Å².